The van der Waals surface area contributed by atoms with Gasteiger partial charge in [0.05, 0.1) is 28.2 Å². The summed E-state index contributed by atoms with van der Waals surface area (Å²) in [4.78, 5) is 25.9. The van der Waals surface area contributed by atoms with Crippen molar-refractivity contribution in [3.8, 4) is 0 Å². The van der Waals surface area contributed by atoms with Gasteiger partial charge in [-0.3, -0.25) is 4.57 Å². The van der Waals surface area contributed by atoms with Crippen molar-refractivity contribution in [2.75, 3.05) is 6.61 Å². The molecule has 1 aromatic heterocycles. The zero-order chi connectivity index (χ0) is 23.4. The first kappa shape index (κ1) is 23.3. The minimum Gasteiger partial charge on any atom is -0.462 e. The fraction of sp³-hybridized carbons (Fsp3) is 0.565. The molecule has 2 aliphatic heterocycles. The van der Waals surface area contributed by atoms with E-state index in [1.807, 2.05) is 6.07 Å². The molecule has 0 radical (unpaired) electrons. The number of esters is 1. The molecule has 2 saturated heterocycles. The molecule has 174 valence electrons. The van der Waals surface area contributed by atoms with Crippen LogP contribution in [0.1, 0.15) is 75.2 Å². The zero-order valence-electron chi connectivity index (χ0n) is 18.7. The molecule has 0 aliphatic carbocycles. The maximum absolute atomic E-state index is 13.1. The number of carbonyl (C=O) groups is 2. The number of rotatable bonds is 3. The summed E-state index contributed by atoms with van der Waals surface area (Å²) in [7, 11) is -3.08. The lowest BCUT2D eigenvalue weighted by Gasteiger charge is -2.27. The number of ether oxygens (including phenoxy) is 2. The molecule has 0 saturated carbocycles. The van der Waals surface area contributed by atoms with Crippen LogP contribution in [0.2, 0.25) is 0 Å². The highest BCUT2D eigenvalue weighted by Gasteiger charge is 2.47. The molecule has 32 heavy (non-hydrogen) atoms. The number of aromatic nitrogens is 1. The van der Waals surface area contributed by atoms with Crippen LogP contribution in [-0.4, -0.2) is 47.8 Å². The molecular weight excluding hydrogens is 498 g/mol. The average molecular weight is 526 g/mol. The topological polar surface area (TPSA) is 91.7 Å². The fourth-order valence-corrected chi connectivity index (χ4v) is 7.89. The van der Waals surface area contributed by atoms with E-state index in [9.17, 15) is 18.0 Å². The summed E-state index contributed by atoms with van der Waals surface area (Å²) in [5, 5.41) is 0.0442. The Bertz CT molecular complexity index is 1170. The van der Waals surface area contributed by atoms with Crippen molar-refractivity contribution >= 4 is 48.7 Å². The SMILES string of the molecule is CCOC(=O)c1cc(Br)cc2c(C3C[C@H]4CC[C@@H](C3)S4(=O)=O)cn(C(=O)OC(C)(C)C)c12. The van der Waals surface area contributed by atoms with E-state index in [-0.39, 0.29) is 28.6 Å². The van der Waals surface area contributed by atoms with E-state index in [0.29, 0.717) is 35.7 Å². The Morgan fingerprint density at radius 2 is 1.78 bits per heavy atom. The lowest BCUT2D eigenvalue weighted by Crippen LogP contribution is -2.32. The number of sulfone groups is 1. The molecule has 9 heteroatoms. The van der Waals surface area contributed by atoms with Crippen LogP contribution in [0.3, 0.4) is 0 Å². The summed E-state index contributed by atoms with van der Waals surface area (Å²) < 4.78 is 38.1. The molecule has 3 atom stereocenters. The van der Waals surface area contributed by atoms with Gasteiger partial charge >= 0.3 is 12.1 Å². The third-order valence-corrected chi connectivity index (χ3v) is 9.43. The predicted molar refractivity (Wildman–Crippen MR) is 125 cm³/mol. The number of hydrogen-bond acceptors (Lipinski definition) is 6. The molecule has 2 bridgehead atoms. The van der Waals surface area contributed by atoms with Gasteiger partial charge in [0.15, 0.2) is 9.84 Å². The van der Waals surface area contributed by atoms with E-state index in [0.717, 1.165) is 10.9 Å². The number of fused-ring (bicyclic) bond motifs is 3. The number of halogens is 1. The molecule has 2 aromatic rings. The van der Waals surface area contributed by atoms with E-state index in [1.165, 1.54) is 4.57 Å². The van der Waals surface area contributed by atoms with Gasteiger partial charge in [0, 0.05) is 16.1 Å². The molecule has 1 aromatic carbocycles. The lowest BCUT2D eigenvalue weighted by atomic mass is 9.90. The van der Waals surface area contributed by atoms with Crippen LogP contribution in [0.25, 0.3) is 10.9 Å². The minimum absolute atomic E-state index is 0.0217. The van der Waals surface area contributed by atoms with E-state index in [4.69, 9.17) is 9.47 Å². The molecule has 3 heterocycles. The first-order valence-corrected chi connectivity index (χ1v) is 13.3. The molecular formula is C23H28BrNO6S. The minimum atomic E-state index is -3.08. The Kier molecular flexibility index (Phi) is 5.94. The molecule has 2 fully saturated rings. The Hall–Kier alpha value is -1.87. The summed E-state index contributed by atoms with van der Waals surface area (Å²) in [5.74, 6) is -0.550. The summed E-state index contributed by atoms with van der Waals surface area (Å²) in [6.45, 7) is 7.28. The van der Waals surface area contributed by atoms with Crippen molar-refractivity contribution < 1.29 is 27.5 Å². The summed E-state index contributed by atoms with van der Waals surface area (Å²) in [6.07, 6.45) is 3.54. The second kappa shape index (κ2) is 8.17. The average Bonchev–Trinajstić information content (AvgIpc) is 3.06. The zero-order valence-corrected chi connectivity index (χ0v) is 21.1. The van der Waals surface area contributed by atoms with Crippen molar-refractivity contribution in [2.24, 2.45) is 0 Å². The van der Waals surface area contributed by atoms with Crippen LogP contribution in [0.5, 0.6) is 0 Å². The summed E-state index contributed by atoms with van der Waals surface area (Å²) in [5.41, 5.74) is 0.839. The summed E-state index contributed by atoms with van der Waals surface area (Å²) in [6, 6.07) is 3.51. The molecule has 0 spiro atoms. The normalized spacial score (nSPS) is 24.5. The van der Waals surface area contributed by atoms with Gasteiger partial charge in [-0.05, 0) is 77.0 Å². The van der Waals surface area contributed by atoms with Crippen molar-refractivity contribution in [2.45, 2.75) is 75.4 Å². The van der Waals surface area contributed by atoms with Crippen molar-refractivity contribution in [3.05, 3.63) is 33.9 Å². The van der Waals surface area contributed by atoms with Gasteiger partial charge in [0.1, 0.15) is 5.60 Å². The molecule has 0 amide bonds. The third kappa shape index (κ3) is 4.09. The Morgan fingerprint density at radius 3 is 2.34 bits per heavy atom. The first-order valence-electron chi connectivity index (χ1n) is 10.9. The van der Waals surface area contributed by atoms with Gasteiger partial charge in [0.2, 0.25) is 0 Å². The highest BCUT2D eigenvalue weighted by Crippen LogP contribution is 2.47. The quantitative estimate of drug-likeness (QED) is 0.512. The van der Waals surface area contributed by atoms with Gasteiger partial charge in [-0.1, -0.05) is 15.9 Å². The number of hydrogen-bond donors (Lipinski definition) is 0. The van der Waals surface area contributed by atoms with E-state index < -0.39 is 27.5 Å². The number of benzene rings is 1. The number of nitrogens with zero attached hydrogens (tertiary/aromatic N) is 1. The summed E-state index contributed by atoms with van der Waals surface area (Å²) >= 11 is 3.48. The molecule has 1 unspecified atom stereocenters. The fourth-order valence-electron chi connectivity index (χ4n) is 4.96. The number of carbonyl (C=O) groups excluding carboxylic acids is 2. The van der Waals surface area contributed by atoms with E-state index in [2.05, 4.69) is 15.9 Å². The molecule has 4 rings (SSSR count). The van der Waals surface area contributed by atoms with Gasteiger partial charge in [-0.2, -0.15) is 0 Å². The van der Waals surface area contributed by atoms with Gasteiger partial charge in [0.25, 0.3) is 0 Å². The Morgan fingerprint density at radius 1 is 1.16 bits per heavy atom. The Labute approximate surface area is 196 Å². The van der Waals surface area contributed by atoms with Gasteiger partial charge in [-0.25, -0.2) is 18.0 Å². The van der Waals surface area contributed by atoms with Crippen LogP contribution < -0.4 is 0 Å². The largest absolute Gasteiger partial charge is 0.462 e. The Balaban J connectivity index is 1.89. The monoisotopic (exact) mass is 525 g/mol. The standard InChI is InChI=1S/C23H28BrNO6S/c1-5-30-21(26)18-11-14(24)10-17-19(12-25(20(17)18)22(27)31-23(2,3)4)13-8-15-6-7-16(9-13)32(15,28)29/h10-13,15-16H,5-9H2,1-4H3/t13?,15-,16+. The van der Waals surface area contributed by atoms with Crippen molar-refractivity contribution in [1.29, 1.82) is 0 Å². The smallest absolute Gasteiger partial charge is 0.419 e. The molecule has 7 nitrogen and oxygen atoms in total. The highest BCUT2D eigenvalue weighted by atomic mass is 79.9. The third-order valence-electron chi connectivity index (χ3n) is 6.25. The first-order chi connectivity index (χ1) is 14.9. The van der Waals surface area contributed by atoms with Gasteiger partial charge < -0.3 is 9.47 Å². The predicted octanol–water partition coefficient (Wildman–Crippen LogP) is 5.19. The maximum atomic E-state index is 13.1. The highest BCUT2D eigenvalue weighted by molar-refractivity contribution is 9.10. The van der Waals surface area contributed by atoms with E-state index >= 15 is 0 Å². The van der Waals surface area contributed by atoms with Crippen LogP contribution in [0.15, 0.2) is 22.8 Å². The maximum Gasteiger partial charge on any atom is 0.419 e. The van der Waals surface area contributed by atoms with Gasteiger partial charge in [-0.15, -0.1) is 0 Å². The second-order valence-corrected chi connectivity index (χ2v) is 13.0. The van der Waals surface area contributed by atoms with Crippen LogP contribution >= 0.6 is 15.9 Å². The van der Waals surface area contributed by atoms with Crippen molar-refractivity contribution in [1.82, 2.24) is 4.57 Å². The van der Waals surface area contributed by atoms with Crippen LogP contribution in [-0.2, 0) is 19.3 Å². The lowest BCUT2D eigenvalue weighted by molar-refractivity contribution is 0.0527. The second-order valence-electron chi connectivity index (χ2n) is 9.58. The molecule has 2 aliphatic rings. The van der Waals surface area contributed by atoms with Crippen LogP contribution in [0, 0.1) is 0 Å². The van der Waals surface area contributed by atoms with Crippen LogP contribution in [0.4, 0.5) is 4.79 Å². The molecule has 0 N–H and O–H groups in total. The van der Waals surface area contributed by atoms with E-state index in [1.54, 1.807) is 40.0 Å². The van der Waals surface area contributed by atoms with Crippen molar-refractivity contribution in [3.63, 3.8) is 0 Å².